The number of rotatable bonds is 8. The Morgan fingerprint density at radius 1 is 1.12 bits per heavy atom. The SMILES string of the molecule is Cc1cccc(COCC(=O)N[C@@H](Cc2ccccc2)B2O[C@@H]3C[C@@H]4C[C@@H](C4(C)C)[C@]3(C)O2)c1. The normalized spacial score (nSPS) is 29.8. The van der Waals surface area contributed by atoms with Crippen LogP contribution in [0.2, 0.25) is 0 Å². The molecule has 2 aromatic rings. The molecule has 3 aliphatic carbocycles. The first kappa shape index (κ1) is 23.6. The highest BCUT2D eigenvalue weighted by Crippen LogP contribution is 2.65. The molecule has 4 fully saturated rings. The molecule has 0 aromatic heterocycles. The number of nitrogens with one attached hydrogen (secondary N) is 1. The van der Waals surface area contributed by atoms with Crippen molar-refractivity contribution < 1.29 is 18.8 Å². The van der Waals surface area contributed by atoms with Gasteiger partial charge < -0.3 is 19.4 Å². The Hall–Kier alpha value is -2.15. The molecule has 0 radical (unpaired) electrons. The van der Waals surface area contributed by atoms with Crippen LogP contribution in [0.1, 0.15) is 50.3 Å². The molecule has 1 N–H and O–H groups in total. The Bertz CT molecular complexity index is 1030. The lowest BCUT2D eigenvalue weighted by Crippen LogP contribution is -2.65. The molecule has 0 unspecified atom stereocenters. The molecule has 1 saturated heterocycles. The number of carbonyl (C=O) groups excluding carboxylic acids is 1. The number of hydrogen-bond acceptors (Lipinski definition) is 4. The molecule has 3 saturated carbocycles. The first-order valence-electron chi connectivity index (χ1n) is 12.6. The van der Waals surface area contributed by atoms with Gasteiger partial charge in [-0.3, -0.25) is 4.79 Å². The summed E-state index contributed by atoms with van der Waals surface area (Å²) in [6, 6.07) is 18.4. The summed E-state index contributed by atoms with van der Waals surface area (Å²) in [6.45, 7) is 9.40. The third kappa shape index (κ3) is 4.44. The van der Waals surface area contributed by atoms with Crippen LogP contribution >= 0.6 is 0 Å². The molecular formula is C28H36BNO4. The summed E-state index contributed by atoms with van der Waals surface area (Å²) in [7, 11) is -0.467. The van der Waals surface area contributed by atoms with E-state index in [1.165, 1.54) is 12.0 Å². The molecule has 180 valence electrons. The number of benzene rings is 2. The summed E-state index contributed by atoms with van der Waals surface area (Å²) < 4.78 is 18.9. The van der Waals surface area contributed by atoms with Crippen molar-refractivity contribution >= 4 is 13.0 Å². The topological polar surface area (TPSA) is 56.8 Å². The van der Waals surface area contributed by atoms with Crippen LogP contribution in [-0.2, 0) is 31.9 Å². The van der Waals surface area contributed by atoms with Crippen LogP contribution in [0.4, 0.5) is 0 Å². The van der Waals surface area contributed by atoms with Gasteiger partial charge in [-0.15, -0.1) is 0 Å². The minimum Gasteiger partial charge on any atom is -0.404 e. The Balaban J connectivity index is 1.25. The number of ether oxygens (including phenoxy) is 1. The Labute approximate surface area is 203 Å². The van der Waals surface area contributed by atoms with Crippen LogP contribution in [0.25, 0.3) is 0 Å². The Morgan fingerprint density at radius 2 is 1.88 bits per heavy atom. The van der Waals surface area contributed by atoms with Crippen LogP contribution in [0.5, 0.6) is 0 Å². The second-order valence-electron chi connectivity index (χ2n) is 11.2. The zero-order chi connectivity index (χ0) is 23.9. The van der Waals surface area contributed by atoms with Gasteiger partial charge in [-0.05, 0) is 61.5 Å². The van der Waals surface area contributed by atoms with Crippen molar-refractivity contribution in [2.24, 2.45) is 17.3 Å². The van der Waals surface area contributed by atoms with Crippen molar-refractivity contribution in [2.45, 2.75) is 71.2 Å². The summed E-state index contributed by atoms with van der Waals surface area (Å²) in [4.78, 5) is 12.9. The van der Waals surface area contributed by atoms with Crippen molar-refractivity contribution in [3.05, 3.63) is 71.3 Å². The molecule has 1 heterocycles. The molecule has 0 spiro atoms. The predicted octanol–water partition coefficient (Wildman–Crippen LogP) is 4.51. The highest BCUT2D eigenvalue weighted by molar-refractivity contribution is 6.48. The molecule has 6 heteroatoms. The fraction of sp³-hybridized carbons (Fsp3) is 0.536. The van der Waals surface area contributed by atoms with Crippen LogP contribution in [-0.4, -0.2) is 37.3 Å². The lowest BCUT2D eigenvalue weighted by Gasteiger charge is -2.64. The average Bonchev–Trinajstić information content (AvgIpc) is 3.16. The van der Waals surface area contributed by atoms with Crippen molar-refractivity contribution in [2.75, 3.05) is 6.61 Å². The van der Waals surface area contributed by atoms with Gasteiger partial charge in [0.25, 0.3) is 0 Å². The second-order valence-corrected chi connectivity index (χ2v) is 11.2. The molecule has 1 aliphatic heterocycles. The molecular weight excluding hydrogens is 425 g/mol. The maximum absolute atomic E-state index is 12.9. The van der Waals surface area contributed by atoms with E-state index in [2.05, 4.69) is 57.3 Å². The predicted molar refractivity (Wildman–Crippen MR) is 133 cm³/mol. The average molecular weight is 461 g/mol. The van der Waals surface area contributed by atoms with Crippen LogP contribution < -0.4 is 5.32 Å². The first-order chi connectivity index (χ1) is 16.3. The quantitative estimate of drug-likeness (QED) is 0.588. The van der Waals surface area contributed by atoms with E-state index in [0.29, 0.717) is 24.9 Å². The van der Waals surface area contributed by atoms with Gasteiger partial charge in [0.15, 0.2) is 0 Å². The number of aryl methyl sites for hydroxylation is 1. The second kappa shape index (κ2) is 9.14. The van der Waals surface area contributed by atoms with Gasteiger partial charge in [0.2, 0.25) is 5.91 Å². The molecule has 1 amide bonds. The molecule has 5 nitrogen and oxygen atoms in total. The monoisotopic (exact) mass is 461 g/mol. The standard InChI is InChI=1S/C28H36BNO4/c1-19-9-8-12-21(13-19)17-32-18-26(31)30-25(14-20-10-6-5-7-11-20)29-33-24-16-22-15-23(27(22,2)3)28(24,4)34-29/h5-13,22-25H,14-18H2,1-4H3,(H,30,31)/t22-,23-,24+,25-,28-/m0/s1. The van der Waals surface area contributed by atoms with E-state index in [-0.39, 0.29) is 35.6 Å². The minimum absolute atomic E-state index is 0.00434. The van der Waals surface area contributed by atoms with Crippen molar-refractivity contribution in [1.29, 1.82) is 0 Å². The van der Waals surface area contributed by atoms with Crippen molar-refractivity contribution in [3.8, 4) is 0 Å². The van der Waals surface area contributed by atoms with Gasteiger partial charge in [-0.1, -0.05) is 74.0 Å². The molecule has 6 rings (SSSR count). The van der Waals surface area contributed by atoms with Gasteiger partial charge in [0.1, 0.15) is 6.61 Å². The summed E-state index contributed by atoms with van der Waals surface area (Å²) >= 11 is 0. The van der Waals surface area contributed by atoms with Gasteiger partial charge in [0, 0.05) is 0 Å². The van der Waals surface area contributed by atoms with Crippen LogP contribution in [0.3, 0.4) is 0 Å². The first-order valence-corrected chi connectivity index (χ1v) is 12.6. The minimum atomic E-state index is -0.467. The van der Waals surface area contributed by atoms with E-state index in [9.17, 15) is 4.79 Å². The molecule has 2 bridgehead atoms. The third-order valence-electron chi connectivity index (χ3n) is 8.53. The zero-order valence-electron chi connectivity index (χ0n) is 20.8. The highest BCUT2D eigenvalue weighted by Gasteiger charge is 2.68. The van der Waals surface area contributed by atoms with Crippen molar-refractivity contribution in [3.63, 3.8) is 0 Å². The lowest BCUT2D eigenvalue weighted by atomic mass is 9.43. The summed E-state index contributed by atoms with van der Waals surface area (Å²) in [5.41, 5.74) is 3.37. The number of carbonyl (C=O) groups is 1. The highest BCUT2D eigenvalue weighted by atomic mass is 16.7. The molecule has 2 aromatic carbocycles. The fourth-order valence-corrected chi connectivity index (χ4v) is 6.47. The van der Waals surface area contributed by atoms with E-state index < -0.39 is 7.12 Å². The molecule has 5 atom stereocenters. The Kier molecular flexibility index (Phi) is 6.34. The number of amides is 1. The third-order valence-corrected chi connectivity index (χ3v) is 8.53. The van der Waals surface area contributed by atoms with Crippen molar-refractivity contribution in [1.82, 2.24) is 5.32 Å². The van der Waals surface area contributed by atoms with Crippen LogP contribution in [0.15, 0.2) is 54.6 Å². The van der Waals surface area contributed by atoms with E-state index in [1.807, 2.05) is 30.3 Å². The van der Waals surface area contributed by atoms with E-state index in [0.717, 1.165) is 17.5 Å². The maximum atomic E-state index is 12.9. The van der Waals surface area contributed by atoms with E-state index in [1.54, 1.807) is 0 Å². The van der Waals surface area contributed by atoms with Gasteiger partial charge in [0.05, 0.1) is 24.3 Å². The van der Waals surface area contributed by atoms with Crippen LogP contribution in [0, 0.1) is 24.2 Å². The summed E-state index contributed by atoms with van der Waals surface area (Å²) in [6.07, 6.45) is 2.97. The zero-order valence-corrected chi connectivity index (χ0v) is 20.8. The largest absolute Gasteiger partial charge is 0.482 e. The molecule has 34 heavy (non-hydrogen) atoms. The Morgan fingerprint density at radius 3 is 2.62 bits per heavy atom. The lowest BCUT2D eigenvalue weighted by molar-refractivity contribution is -0.199. The molecule has 4 aliphatic rings. The number of hydrogen-bond donors (Lipinski definition) is 1. The van der Waals surface area contributed by atoms with E-state index in [4.69, 9.17) is 14.0 Å². The van der Waals surface area contributed by atoms with Gasteiger partial charge >= 0.3 is 7.12 Å². The fourth-order valence-electron chi connectivity index (χ4n) is 6.47. The van der Waals surface area contributed by atoms with Gasteiger partial charge in [-0.25, -0.2) is 0 Å². The van der Waals surface area contributed by atoms with Gasteiger partial charge in [-0.2, -0.15) is 0 Å². The smallest absolute Gasteiger partial charge is 0.404 e. The summed E-state index contributed by atoms with van der Waals surface area (Å²) in [5, 5.41) is 3.17. The summed E-state index contributed by atoms with van der Waals surface area (Å²) in [5.74, 6) is 0.750. The maximum Gasteiger partial charge on any atom is 0.482 e. The van der Waals surface area contributed by atoms with E-state index >= 15 is 0 Å².